The third kappa shape index (κ3) is 1.71. The van der Waals surface area contributed by atoms with Crippen LogP contribution in [0.3, 0.4) is 0 Å². The van der Waals surface area contributed by atoms with Gasteiger partial charge >= 0.3 is 0 Å². The van der Waals surface area contributed by atoms with E-state index in [0.29, 0.717) is 6.10 Å². The lowest BCUT2D eigenvalue weighted by atomic mass is 9.96. The molecule has 0 aliphatic carbocycles. The van der Waals surface area contributed by atoms with Crippen molar-refractivity contribution < 1.29 is 4.74 Å². The molecule has 0 spiro atoms. The first kappa shape index (κ1) is 7.56. The van der Waals surface area contributed by atoms with Crippen molar-refractivity contribution in [2.24, 2.45) is 5.92 Å². The Balaban J connectivity index is 2.33. The van der Waals surface area contributed by atoms with Gasteiger partial charge in [-0.05, 0) is 19.3 Å². The highest BCUT2D eigenvalue weighted by Gasteiger charge is 2.20. The molecule has 0 aromatic carbocycles. The van der Waals surface area contributed by atoms with E-state index >= 15 is 0 Å². The molecule has 1 aliphatic rings. The van der Waals surface area contributed by atoms with Gasteiger partial charge in [0.05, 0.1) is 18.1 Å². The van der Waals surface area contributed by atoms with Gasteiger partial charge < -0.3 is 4.74 Å². The molecule has 2 nitrogen and oxygen atoms in total. The van der Waals surface area contributed by atoms with Gasteiger partial charge in [0.1, 0.15) is 0 Å². The van der Waals surface area contributed by atoms with Crippen LogP contribution < -0.4 is 0 Å². The number of hydrogen-bond donors (Lipinski definition) is 0. The van der Waals surface area contributed by atoms with Gasteiger partial charge in [0.25, 0.3) is 0 Å². The van der Waals surface area contributed by atoms with Gasteiger partial charge in [-0.1, -0.05) is 6.92 Å². The molecule has 0 amide bonds. The topological polar surface area (TPSA) is 33.0 Å². The summed E-state index contributed by atoms with van der Waals surface area (Å²) in [5, 5.41) is 8.60. The molecule has 1 rings (SSSR count). The van der Waals surface area contributed by atoms with Gasteiger partial charge in [-0.2, -0.15) is 5.26 Å². The fourth-order valence-electron chi connectivity index (χ4n) is 1.28. The molecule has 2 atom stereocenters. The van der Waals surface area contributed by atoms with Crippen molar-refractivity contribution in [3.8, 4) is 6.07 Å². The minimum absolute atomic E-state index is 0.249. The molecule has 1 saturated heterocycles. The maximum Gasteiger partial charge on any atom is 0.0657 e. The van der Waals surface area contributed by atoms with E-state index in [9.17, 15) is 0 Å². The molecular weight excluding hydrogens is 126 g/mol. The van der Waals surface area contributed by atoms with Crippen LogP contribution in [0.1, 0.15) is 26.2 Å². The highest BCUT2D eigenvalue weighted by atomic mass is 16.5. The standard InChI is InChI=1S/C8H13NO/c1-2-8-5-7(6-9)3-4-10-8/h7-8H,2-5H2,1H3/t7-,8+/m1/s1. The van der Waals surface area contributed by atoms with Crippen molar-refractivity contribution in [1.82, 2.24) is 0 Å². The largest absolute Gasteiger partial charge is 0.378 e. The van der Waals surface area contributed by atoms with Crippen LogP contribution in [0.25, 0.3) is 0 Å². The predicted octanol–water partition coefficient (Wildman–Crippen LogP) is 1.72. The summed E-state index contributed by atoms with van der Waals surface area (Å²) in [6.45, 7) is 2.88. The Morgan fingerprint density at radius 2 is 2.50 bits per heavy atom. The van der Waals surface area contributed by atoms with Gasteiger partial charge in [-0.3, -0.25) is 0 Å². The molecule has 0 radical (unpaired) electrons. The Bertz CT molecular complexity index is 139. The van der Waals surface area contributed by atoms with E-state index in [4.69, 9.17) is 10.00 Å². The van der Waals surface area contributed by atoms with Crippen LogP contribution in [0.15, 0.2) is 0 Å². The second-order valence-corrected chi connectivity index (χ2v) is 2.75. The van der Waals surface area contributed by atoms with E-state index in [0.717, 1.165) is 25.9 Å². The first-order valence-corrected chi connectivity index (χ1v) is 3.88. The lowest BCUT2D eigenvalue weighted by Gasteiger charge is -2.24. The van der Waals surface area contributed by atoms with Crippen LogP contribution >= 0.6 is 0 Å². The Labute approximate surface area is 61.8 Å². The predicted molar refractivity (Wildman–Crippen MR) is 38.4 cm³/mol. The minimum Gasteiger partial charge on any atom is -0.378 e. The average molecular weight is 139 g/mol. The highest BCUT2D eigenvalue weighted by molar-refractivity contribution is 4.86. The van der Waals surface area contributed by atoms with E-state index in [1.54, 1.807) is 0 Å². The van der Waals surface area contributed by atoms with Crippen molar-refractivity contribution in [3.05, 3.63) is 0 Å². The number of nitriles is 1. The van der Waals surface area contributed by atoms with Crippen molar-refractivity contribution >= 4 is 0 Å². The molecular formula is C8H13NO. The van der Waals surface area contributed by atoms with Crippen molar-refractivity contribution in [3.63, 3.8) is 0 Å². The molecule has 0 aromatic rings. The number of hydrogen-bond acceptors (Lipinski definition) is 2. The number of rotatable bonds is 1. The second-order valence-electron chi connectivity index (χ2n) is 2.75. The molecule has 1 aliphatic heterocycles. The molecule has 56 valence electrons. The summed E-state index contributed by atoms with van der Waals surface area (Å²) < 4.78 is 5.41. The Kier molecular flexibility index (Phi) is 2.70. The van der Waals surface area contributed by atoms with Crippen LogP contribution in [0.5, 0.6) is 0 Å². The minimum atomic E-state index is 0.249. The van der Waals surface area contributed by atoms with Gasteiger partial charge in [-0.15, -0.1) is 0 Å². The lowest BCUT2D eigenvalue weighted by molar-refractivity contribution is 0.000407. The summed E-state index contributed by atoms with van der Waals surface area (Å²) in [6, 6.07) is 2.29. The summed E-state index contributed by atoms with van der Waals surface area (Å²) in [4.78, 5) is 0. The zero-order valence-electron chi connectivity index (χ0n) is 6.34. The van der Waals surface area contributed by atoms with Crippen LogP contribution in [-0.4, -0.2) is 12.7 Å². The van der Waals surface area contributed by atoms with Gasteiger partial charge in [0.2, 0.25) is 0 Å². The third-order valence-corrected chi connectivity index (χ3v) is 2.01. The molecule has 0 bridgehead atoms. The van der Waals surface area contributed by atoms with E-state index in [-0.39, 0.29) is 5.92 Å². The fraction of sp³-hybridized carbons (Fsp3) is 0.875. The first-order valence-electron chi connectivity index (χ1n) is 3.88. The van der Waals surface area contributed by atoms with Gasteiger partial charge in [0.15, 0.2) is 0 Å². The normalized spacial score (nSPS) is 33.2. The Morgan fingerprint density at radius 3 is 3.10 bits per heavy atom. The highest BCUT2D eigenvalue weighted by Crippen LogP contribution is 2.20. The molecule has 1 fully saturated rings. The zero-order chi connectivity index (χ0) is 7.40. The molecule has 2 heteroatoms. The molecule has 1 heterocycles. The average Bonchev–Trinajstić information content (AvgIpc) is 2.05. The second kappa shape index (κ2) is 3.58. The molecule has 10 heavy (non-hydrogen) atoms. The van der Waals surface area contributed by atoms with Crippen molar-refractivity contribution in [2.75, 3.05) is 6.61 Å². The molecule has 0 aromatic heterocycles. The smallest absolute Gasteiger partial charge is 0.0657 e. The summed E-state index contributed by atoms with van der Waals surface area (Å²) in [5.74, 6) is 0.249. The van der Waals surface area contributed by atoms with Crippen LogP contribution in [0, 0.1) is 17.2 Å². The quantitative estimate of drug-likeness (QED) is 0.554. The van der Waals surface area contributed by atoms with Gasteiger partial charge in [0, 0.05) is 6.61 Å². The number of ether oxygens (including phenoxy) is 1. The fourth-order valence-corrected chi connectivity index (χ4v) is 1.28. The number of nitrogens with zero attached hydrogens (tertiary/aromatic N) is 1. The first-order chi connectivity index (χ1) is 4.86. The van der Waals surface area contributed by atoms with Crippen LogP contribution in [0.4, 0.5) is 0 Å². The molecule has 0 saturated carbocycles. The summed E-state index contributed by atoms with van der Waals surface area (Å²) in [7, 11) is 0. The lowest BCUT2D eigenvalue weighted by Crippen LogP contribution is -2.23. The third-order valence-electron chi connectivity index (χ3n) is 2.01. The van der Waals surface area contributed by atoms with Crippen molar-refractivity contribution in [1.29, 1.82) is 5.26 Å². The van der Waals surface area contributed by atoms with E-state index < -0.39 is 0 Å². The summed E-state index contributed by atoms with van der Waals surface area (Å²) >= 11 is 0. The monoisotopic (exact) mass is 139 g/mol. The SMILES string of the molecule is CC[C@H]1C[C@H](C#N)CCO1. The summed E-state index contributed by atoms with van der Waals surface area (Å²) in [5.41, 5.74) is 0. The molecule has 0 unspecified atom stereocenters. The van der Waals surface area contributed by atoms with E-state index in [2.05, 4.69) is 13.0 Å². The van der Waals surface area contributed by atoms with Crippen LogP contribution in [-0.2, 0) is 4.74 Å². The Hall–Kier alpha value is -0.550. The maximum atomic E-state index is 8.60. The van der Waals surface area contributed by atoms with Crippen molar-refractivity contribution in [2.45, 2.75) is 32.3 Å². The Morgan fingerprint density at radius 1 is 1.70 bits per heavy atom. The van der Waals surface area contributed by atoms with E-state index in [1.165, 1.54) is 0 Å². The summed E-state index contributed by atoms with van der Waals surface area (Å²) in [6.07, 6.45) is 3.25. The molecule has 0 N–H and O–H groups in total. The van der Waals surface area contributed by atoms with Crippen LogP contribution in [0.2, 0.25) is 0 Å². The van der Waals surface area contributed by atoms with Gasteiger partial charge in [-0.25, -0.2) is 0 Å². The zero-order valence-corrected chi connectivity index (χ0v) is 6.34. The maximum absolute atomic E-state index is 8.60. The van der Waals surface area contributed by atoms with E-state index in [1.807, 2.05) is 0 Å².